The number of carbonyl (C=O) groups excluding carboxylic acids is 6. The number of aromatic nitrogens is 4. The number of benzene rings is 8. The van der Waals surface area contributed by atoms with E-state index in [0.29, 0.717) is 70.3 Å². The van der Waals surface area contributed by atoms with Crippen LogP contribution < -0.4 is 5.73 Å². The molecule has 12 aromatic rings. The first-order chi connectivity index (χ1) is 57.6. The third kappa shape index (κ3) is 25.0. The Labute approximate surface area is 765 Å². The zero-order valence-electron chi connectivity index (χ0n) is 67.1. The topological polar surface area (TPSA) is 192 Å². The molecule has 1 aliphatic heterocycles. The number of fused-ring (bicyclic) bond motifs is 7. The van der Waals surface area contributed by atoms with Gasteiger partial charge in [0.15, 0.2) is 11.6 Å². The van der Waals surface area contributed by atoms with Gasteiger partial charge in [0, 0.05) is 59.5 Å². The second-order valence-corrected chi connectivity index (χ2v) is 34.9. The minimum Gasteiger partial charge on any atom is -0.469 e. The van der Waals surface area contributed by atoms with Crippen molar-refractivity contribution >= 4 is 227 Å². The van der Waals surface area contributed by atoms with Crippen molar-refractivity contribution in [1.29, 1.82) is 0 Å². The lowest BCUT2D eigenvalue weighted by Gasteiger charge is -2.24. The molecule has 0 saturated heterocycles. The zero-order valence-corrected chi connectivity index (χ0v) is 79.8. The molecule has 2 unspecified atom stereocenters. The van der Waals surface area contributed by atoms with Crippen LogP contribution in [0.5, 0.6) is 0 Å². The highest BCUT2D eigenvalue weighted by Gasteiger charge is 2.40. The third-order valence-electron chi connectivity index (χ3n) is 18.8. The summed E-state index contributed by atoms with van der Waals surface area (Å²) in [7, 11) is 1.27. The Morgan fingerprint density at radius 3 is 1.34 bits per heavy atom. The van der Waals surface area contributed by atoms with Gasteiger partial charge in [-0.2, -0.15) is 0 Å². The number of nitrogens with two attached hydrogens (primary N) is 1. The zero-order chi connectivity index (χ0) is 89.0. The molecule has 0 spiro atoms. The van der Waals surface area contributed by atoms with E-state index in [4.69, 9.17) is 17.3 Å². The molecule has 2 atom stereocenters. The summed E-state index contributed by atoms with van der Waals surface area (Å²) in [5.41, 5.74) is 18.1. The Morgan fingerprint density at radius 1 is 0.496 bits per heavy atom. The number of nitrogens with zero attached hydrogens (tertiary/aromatic N) is 5. The fourth-order valence-electron chi connectivity index (χ4n) is 12.5. The summed E-state index contributed by atoms with van der Waals surface area (Å²) < 4.78 is 99.3. The van der Waals surface area contributed by atoms with Crippen molar-refractivity contribution in [3.8, 4) is 0 Å². The number of amides is 2. The smallest absolute Gasteiger partial charge is 0.313 e. The van der Waals surface area contributed by atoms with Crippen LogP contribution in [0.25, 0.3) is 43.6 Å². The van der Waals surface area contributed by atoms with E-state index in [2.05, 4.69) is 127 Å². The summed E-state index contributed by atoms with van der Waals surface area (Å²) in [6, 6.07) is 39.0. The lowest BCUT2D eigenvalue weighted by atomic mass is 9.89. The quantitative estimate of drug-likeness (QED) is 0.0218. The average molecular weight is 2110 g/mol. The molecule has 0 bridgehead atoms. The van der Waals surface area contributed by atoms with Crippen LogP contribution in [0.4, 0.5) is 36.4 Å². The van der Waals surface area contributed by atoms with E-state index in [1.165, 1.54) is 115 Å². The number of esters is 1. The van der Waals surface area contributed by atoms with Crippen LogP contribution in [0.1, 0.15) is 160 Å². The lowest BCUT2D eigenvalue weighted by molar-refractivity contribution is -0.143. The largest absolute Gasteiger partial charge is 0.469 e. The van der Waals surface area contributed by atoms with Gasteiger partial charge in [0.2, 0.25) is 0 Å². The molecule has 13 nitrogen and oxygen atoms in total. The van der Waals surface area contributed by atoms with Gasteiger partial charge in [0.05, 0.1) is 101 Å². The van der Waals surface area contributed by atoms with Crippen LogP contribution in [0, 0.1) is 40.7 Å². The minimum atomic E-state index is -0.577. The molecule has 3 aliphatic rings. The summed E-state index contributed by atoms with van der Waals surface area (Å²) in [5, 5.41) is 3.57. The van der Waals surface area contributed by atoms with Crippen molar-refractivity contribution in [2.24, 2.45) is 0 Å². The molecule has 15 rings (SSSR count). The van der Waals surface area contributed by atoms with E-state index < -0.39 is 12.0 Å². The number of anilines is 1. The standard InChI is InChI=1S/C20H14BrFN2O2S.C12H10Br2FNS.C12H11BrFNS.C12H10BrFO.C12H11FO.C11H8BrClFN.C6H6FN.C6H10O3/c1-10(24-19(25)12-5-3-4-6-13(12)20(24)26)17-16(21)18(27-2)14-9-11(22)7-8-15(14)23-17;1-6(13)11-10(14)12(17-2)8-5-7(15)3-4-9(8)16-11;1-3-9-11(13)12(16-2)8-6-7(14)4-5-10(8)15-9;1-2-7-5-8-3-4-9(14)6-10(8)12(15)11(7)13;1-2-8-5-9-3-4-10(13)7-11(9)12(14)6-8;1-2-8-10(12)11(13)7-5-6(14)3-4-9(7)15-8;7-5-1-3-6(8)4-2-5;1-3-5(7)4-6(8)9-2/h3-10H,1-2H3;3-6H,1-2H3;4-6H,3H2,1-2H3;3-4,6H,2,5H2,1H3;3-4,6-7H,2,5H2,1H3;3-5H,2H2,1H3;1-4H,8H2;3-4H2,1-2H3. The minimum absolute atomic E-state index is 0.0670. The van der Waals surface area contributed by atoms with Gasteiger partial charge in [-0.05, 0) is 307 Å². The highest BCUT2D eigenvalue weighted by Crippen LogP contribution is 2.43. The number of Topliss-reactive ketones (excluding diaryl/α,β-unsaturated/α-hetero) is 2. The van der Waals surface area contributed by atoms with Crippen LogP contribution >= 0.6 is 142 Å². The van der Waals surface area contributed by atoms with Gasteiger partial charge in [-0.15, -0.1) is 35.3 Å². The van der Waals surface area contributed by atoms with Crippen LogP contribution in [0.15, 0.2) is 212 Å². The fraction of sp³-hybridized carbons (Fsp3) is 0.231. The van der Waals surface area contributed by atoms with Gasteiger partial charge in [-0.1, -0.05) is 92.0 Å². The number of thioether (sulfide) groups is 3. The molecule has 4 aromatic heterocycles. The van der Waals surface area contributed by atoms with Crippen molar-refractivity contribution in [2.45, 2.75) is 125 Å². The molecule has 0 fully saturated rings. The molecule has 2 aliphatic carbocycles. The number of aryl methyl sites for hydroxylation is 2. The number of hydrogen-bond acceptors (Lipinski definition) is 15. The number of nitrogen functional groups attached to an aromatic ring is 1. The number of allylic oxidation sites excluding steroid dienone is 4. The number of alkyl halides is 1. The number of carbonyl (C=O) groups is 6. The van der Waals surface area contributed by atoms with E-state index in [1.807, 2.05) is 46.5 Å². The first-order valence-electron chi connectivity index (χ1n) is 37.4. The number of methoxy groups -OCH3 is 1. The molecule has 5 heterocycles. The van der Waals surface area contributed by atoms with E-state index in [9.17, 15) is 59.5 Å². The molecular weight excluding hydrogens is 2030 g/mol. The number of pyridine rings is 4. The average Bonchev–Trinajstić information content (AvgIpc) is 1.62. The Hall–Kier alpha value is -7.97. The second kappa shape index (κ2) is 46.1. The summed E-state index contributed by atoms with van der Waals surface area (Å²) in [4.78, 5) is 92.2. The molecular formula is C91H80Br6ClF7N6O7S3. The number of rotatable bonds is 13. The predicted octanol–water partition coefficient (Wildman–Crippen LogP) is 27.8. The second-order valence-electron chi connectivity index (χ2n) is 26.7. The molecule has 2 N–H and O–H groups in total. The summed E-state index contributed by atoms with van der Waals surface area (Å²) in [6.45, 7) is 13.6. The van der Waals surface area contributed by atoms with Crippen molar-refractivity contribution in [3.63, 3.8) is 0 Å². The highest BCUT2D eigenvalue weighted by molar-refractivity contribution is 9.12. The predicted molar refractivity (Wildman–Crippen MR) is 496 cm³/mol. The van der Waals surface area contributed by atoms with E-state index >= 15 is 0 Å². The lowest BCUT2D eigenvalue weighted by Crippen LogP contribution is -2.33. The first-order valence-corrected chi connectivity index (χ1v) is 46.4. The van der Waals surface area contributed by atoms with Gasteiger partial charge < -0.3 is 10.5 Å². The SMILES string of the molecule is CCC(=O)CC(=O)OC.CCC1=C(Br)C(=O)c2cc(F)ccc2C1.CCC1=CC(=O)c2cc(F)ccc2C1.CCc1nc2ccc(F)cc2c(Cl)c1Br.CCc1nc2ccc(F)cc2c(SC)c1Br.CSc1c(Br)c(C(C)Br)nc2ccc(F)cc12.CSc1c(Br)c(C(C)N2C(=O)c3ccccc3C2=O)nc2ccc(F)cc12.Nc1ccc(F)cc1. The third-order valence-corrected chi connectivity index (χ3v) is 27.4. The van der Waals surface area contributed by atoms with Crippen LogP contribution in [0.2, 0.25) is 5.02 Å². The Kier molecular flexibility index (Phi) is 37.5. The molecule has 0 radical (unpaired) electrons. The monoisotopic (exact) mass is 2110 g/mol. The van der Waals surface area contributed by atoms with Crippen LogP contribution in [0.3, 0.4) is 0 Å². The van der Waals surface area contributed by atoms with Crippen molar-refractivity contribution in [3.05, 3.63) is 299 Å². The molecule has 8 aromatic carbocycles. The highest BCUT2D eigenvalue weighted by atomic mass is 79.9. The normalized spacial score (nSPS) is 12.8. The fourth-order valence-corrected chi connectivity index (χ4v) is 19.9. The summed E-state index contributed by atoms with van der Waals surface area (Å²) in [5.74, 6) is -3.42. The number of imide groups is 1. The Bertz CT molecular complexity index is 5930. The summed E-state index contributed by atoms with van der Waals surface area (Å²) in [6.07, 6.45) is 12.7. The molecule has 30 heteroatoms. The van der Waals surface area contributed by atoms with Crippen molar-refractivity contribution < 1.29 is 64.2 Å². The molecule has 0 saturated carbocycles. The molecule has 2 amide bonds. The van der Waals surface area contributed by atoms with E-state index in [0.717, 1.165) is 133 Å². The first kappa shape index (κ1) is 98.5. The summed E-state index contributed by atoms with van der Waals surface area (Å²) >= 11 is 31.6. The number of hydrogen-bond donors (Lipinski definition) is 1. The van der Waals surface area contributed by atoms with Crippen molar-refractivity contribution in [1.82, 2.24) is 24.8 Å². The maximum absolute atomic E-state index is 13.7. The maximum Gasteiger partial charge on any atom is 0.313 e. The maximum atomic E-state index is 13.7. The van der Waals surface area contributed by atoms with Gasteiger partial charge in [0.25, 0.3) is 11.8 Å². The van der Waals surface area contributed by atoms with Crippen LogP contribution in [-0.4, -0.2) is 85.8 Å². The van der Waals surface area contributed by atoms with Crippen molar-refractivity contribution in [2.75, 3.05) is 31.6 Å². The van der Waals surface area contributed by atoms with Gasteiger partial charge >= 0.3 is 5.97 Å². The van der Waals surface area contributed by atoms with Gasteiger partial charge in [-0.3, -0.25) is 48.6 Å². The molecule has 632 valence electrons. The number of halogens is 14. The molecule has 121 heavy (non-hydrogen) atoms. The Morgan fingerprint density at radius 2 is 0.901 bits per heavy atom. The van der Waals surface area contributed by atoms with Gasteiger partial charge in [-0.25, -0.2) is 35.7 Å². The Balaban J connectivity index is 0.000000176. The van der Waals surface area contributed by atoms with E-state index in [1.54, 1.807) is 110 Å². The number of ether oxygens (including phenoxy) is 1. The van der Waals surface area contributed by atoms with Gasteiger partial charge in [0.1, 0.15) is 52.9 Å². The van der Waals surface area contributed by atoms with E-state index in [-0.39, 0.29) is 81.1 Å². The van der Waals surface area contributed by atoms with Crippen LogP contribution in [-0.2, 0) is 40.0 Å². The number of ketones is 3.